The molecule has 0 aliphatic carbocycles. The van der Waals surface area contributed by atoms with E-state index in [1.165, 1.54) is 13.2 Å². The fourth-order valence-corrected chi connectivity index (χ4v) is 2.08. The summed E-state index contributed by atoms with van der Waals surface area (Å²) in [6, 6.07) is 4.21. The van der Waals surface area contributed by atoms with Gasteiger partial charge in [0.25, 0.3) is 0 Å². The Morgan fingerprint density at radius 3 is 2.61 bits per heavy atom. The maximum absolute atomic E-state index is 13.7. The van der Waals surface area contributed by atoms with Gasteiger partial charge in [0.15, 0.2) is 0 Å². The van der Waals surface area contributed by atoms with Crippen LogP contribution >= 0.6 is 0 Å². The molecular formula is C15H13F4N3O. The molecular weight excluding hydrogens is 314 g/mol. The highest BCUT2D eigenvalue weighted by molar-refractivity contribution is 5.80. The lowest BCUT2D eigenvalue weighted by Crippen LogP contribution is -2.16. The number of hydrogen-bond acceptors (Lipinski definition) is 3. The third-order valence-electron chi connectivity index (χ3n) is 3.25. The van der Waals surface area contributed by atoms with Gasteiger partial charge in [0.2, 0.25) is 6.41 Å². The summed E-state index contributed by atoms with van der Waals surface area (Å²) < 4.78 is 52.7. The highest BCUT2D eigenvalue weighted by Crippen LogP contribution is 2.36. The highest BCUT2D eigenvalue weighted by Gasteiger charge is 2.34. The molecule has 1 heterocycles. The zero-order valence-corrected chi connectivity index (χ0v) is 12.3. The number of carbonyl (C=O) groups excluding carboxylic acids is 1. The Morgan fingerprint density at radius 1 is 1.30 bits per heavy atom. The Kier molecular flexibility index (Phi) is 4.53. The van der Waals surface area contributed by atoms with Gasteiger partial charge in [-0.1, -0.05) is 0 Å². The van der Waals surface area contributed by atoms with Crippen molar-refractivity contribution in [2.75, 3.05) is 17.3 Å². The van der Waals surface area contributed by atoms with Crippen molar-refractivity contribution in [3.63, 3.8) is 0 Å². The summed E-state index contributed by atoms with van der Waals surface area (Å²) in [7, 11) is 1.42. The first kappa shape index (κ1) is 16.7. The largest absolute Gasteiger partial charge is 0.419 e. The van der Waals surface area contributed by atoms with Crippen molar-refractivity contribution in [3.8, 4) is 0 Å². The molecule has 0 saturated heterocycles. The van der Waals surface area contributed by atoms with Crippen molar-refractivity contribution in [2.24, 2.45) is 0 Å². The SMILES string of the molecule is Cc1c(Nc2ncccc2C(F)(F)F)cc(F)cc1N(C)C=O. The van der Waals surface area contributed by atoms with Gasteiger partial charge in [0.05, 0.1) is 11.3 Å². The van der Waals surface area contributed by atoms with E-state index in [1.807, 2.05) is 0 Å². The molecule has 0 aliphatic rings. The van der Waals surface area contributed by atoms with Crippen LogP contribution in [0.4, 0.5) is 34.8 Å². The van der Waals surface area contributed by atoms with E-state index in [-0.39, 0.29) is 11.4 Å². The van der Waals surface area contributed by atoms with Crippen LogP contribution in [0.25, 0.3) is 0 Å². The van der Waals surface area contributed by atoms with E-state index < -0.39 is 23.4 Å². The molecule has 0 saturated carbocycles. The van der Waals surface area contributed by atoms with Gasteiger partial charge < -0.3 is 10.2 Å². The van der Waals surface area contributed by atoms with Crippen LogP contribution in [0.2, 0.25) is 0 Å². The number of nitrogens with zero attached hydrogens (tertiary/aromatic N) is 2. The Balaban J connectivity index is 2.50. The van der Waals surface area contributed by atoms with E-state index in [0.29, 0.717) is 12.0 Å². The molecule has 2 aromatic rings. The Labute approximate surface area is 129 Å². The minimum Gasteiger partial charge on any atom is -0.339 e. The number of rotatable bonds is 4. The van der Waals surface area contributed by atoms with E-state index in [0.717, 1.165) is 29.2 Å². The van der Waals surface area contributed by atoms with Crippen molar-refractivity contribution in [1.82, 2.24) is 4.98 Å². The van der Waals surface area contributed by atoms with Gasteiger partial charge in [-0.05, 0) is 36.8 Å². The van der Waals surface area contributed by atoms with Gasteiger partial charge >= 0.3 is 6.18 Å². The van der Waals surface area contributed by atoms with Crippen LogP contribution in [0.15, 0.2) is 30.5 Å². The van der Waals surface area contributed by atoms with Gasteiger partial charge in [-0.2, -0.15) is 13.2 Å². The number of aromatic nitrogens is 1. The number of anilines is 3. The van der Waals surface area contributed by atoms with E-state index in [4.69, 9.17) is 0 Å². The van der Waals surface area contributed by atoms with Crippen LogP contribution in [-0.4, -0.2) is 18.4 Å². The first-order chi connectivity index (χ1) is 10.7. The summed E-state index contributed by atoms with van der Waals surface area (Å²) in [5.41, 5.74) is -0.210. The lowest BCUT2D eigenvalue weighted by molar-refractivity contribution is -0.137. The van der Waals surface area contributed by atoms with Crippen LogP contribution in [0.3, 0.4) is 0 Å². The minimum atomic E-state index is -4.60. The molecule has 23 heavy (non-hydrogen) atoms. The predicted molar refractivity (Wildman–Crippen MR) is 78.1 cm³/mol. The maximum Gasteiger partial charge on any atom is 0.419 e. The summed E-state index contributed by atoms with van der Waals surface area (Å²) in [6.07, 6.45) is -2.92. The molecule has 1 aromatic heterocycles. The fraction of sp³-hybridized carbons (Fsp3) is 0.200. The summed E-state index contributed by atoms with van der Waals surface area (Å²) >= 11 is 0. The number of amides is 1. The van der Waals surface area contributed by atoms with Crippen LogP contribution < -0.4 is 10.2 Å². The molecule has 122 valence electrons. The van der Waals surface area contributed by atoms with E-state index in [1.54, 1.807) is 6.92 Å². The number of hydrogen-bond donors (Lipinski definition) is 1. The third-order valence-corrected chi connectivity index (χ3v) is 3.25. The van der Waals surface area contributed by atoms with Crippen LogP contribution in [0.5, 0.6) is 0 Å². The molecule has 0 radical (unpaired) electrons. The summed E-state index contributed by atoms with van der Waals surface area (Å²) in [6.45, 7) is 1.56. The molecule has 0 spiro atoms. The van der Waals surface area contributed by atoms with Gasteiger partial charge in [-0.3, -0.25) is 4.79 Å². The van der Waals surface area contributed by atoms with Crippen LogP contribution in [-0.2, 0) is 11.0 Å². The molecule has 4 nitrogen and oxygen atoms in total. The lowest BCUT2D eigenvalue weighted by atomic mass is 10.1. The molecule has 0 aliphatic heterocycles. The predicted octanol–water partition coefficient (Wildman–Crippen LogP) is 3.88. The Morgan fingerprint density at radius 2 is 2.00 bits per heavy atom. The number of halogens is 4. The van der Waals surface area contributed by atoms with Gasteiger partial charge in [-0.15, -0.1) is 0 Å². The quantitative estimate of drug-likeness (QED) is 0.684. The van der Waals surface area contributed by atoms with E-state index >= 15 is 0 Å². The second kappa shape index (κ2) is 6.23. The summed E-state index contributed by atoms with van der Waals surface area (Å²) in [5, 5.41) is 2.49. The molecule has 1 N–H and O–H groups in total. The van der Waals surface area contributed by atoms with Crippen LogP contribution in [0.1, 0.15) is 11.1 Å². The Hall–Kier alpha value is -2.64. The molecule has 1 aromatic carbocycles. The lowest BCUT2D eigenvalue weighted by Gasteiger charge is -2.19. The molecule has 8 heteroatoms. The zero-order valence-electron chi connectivity index (χ0n) is 12.3. The first-order valence-corrected chi connectivity index (χ1v) is 6.51. The second-order valence-electron chi connectivity index (χ2n) is 4.84. The van der Waals surface area contributed by atoms with E-state index in [9.17, 15) is 22.4 Å². The van der Waals surface area contributed by atoms with Crippen molar-refractivity contribution >= 4 is 23.6 Å². The smallest absolute Gasteiger partial charge is 0.339 e. The first-order valence-electron chi connectivity index (χ1n) is 6.51. The van der Waals surface area contributed by atoms with E-state index in [2.05, 4.69) is 10.3 Å². The van der Waals surface area contributed by atoms with Gasteiger partial charge in [0.1, 0.15) is 11.6 Å². The molecule has 0 unspecified atom stereocenters. The average Bonchev–Trinajstić information content (AvgIpc) is 2.49. The van der Waals surface area contributed by atoms with Crippen molar-refractivity contribution in [1.29, 1.82) is 0 Å². The number of carbonyl (C=O) groups is 1. The molecule has 0 fully saturated rings. The van der Waals surface area contributed by atoms with Crippen molar-refractivity contribution < 1.29 is 22.4 Å². The maximum atomic E-state index is 13.7. The molecule has 0 atom stereocenters. The highest BCUT2D eigenvalue weighted by atomic mass is 19.4. The number of nitrogens with one attached hydrogen (secondary N) is 1. The number of alkyl halides is 3. The molecule has 2 rings (SSSR count). The number of pyridine rings is 1. The van der Waals surface area contributed by atoms with Gasteiger partial charge in [-0.25, -0.2) is 9.37 Å². The van der Waals surface area contributed by atoms with Gasteiger partial charge in [0, 0.05) is 18.9 Å². The van der Waals surface area contributed by atoms with Crippen LogP contribution in [0, 0.1) is 12.7 Å². The zero-order chi connectivity index (χ0) is 17.2. The normalized spacial score (nSPS) is 11.2. The van der Waals surface area contributed by atoms with Crippen molar-refractivity contribution in [2.45, 2.75) is 13.1 Å². The van der Waals surface area contributed by atoms with Crippen molar-refractivity contribution in [3.05, 3.63) is 47.4 Å². The third kappa shape index (κ3) is 3.58. The Bertz CT molecular complexity index is 731. The molecule has 0 bridgehead atoms. The second-order valence-corrected chi connectivity index (χ2v) is 4.84. The number of benzene rings is 1. The summed E-state index contributed by atoms with van der Waals surface area (Å²) in [4.78, 5) is 15.6. The standard InChI is InChI=1S/C15H13F4N3O/c1-9-12(6-10(16)7-13(9)22(2)8-23)21-14-11(15(17,18)19)4-3-5-20-14/h3-8H,1-2H3,(H,20,21). The summed E-state index contributed by atoms with van der Waals surface area (Å²) in [5.74, 6) is -1.13. The monoisotopic (exact) mass is 327 g/mol. The minimum absolute atomic E-state index is 0.0953. The topological polar surface area (TPSA) is 45.2 Å². The molecule has 1 amide bonds. The fourth-order valence-electron chi connectivity index (χ4n) is 2.08. The average molecular weight is 327 g/mol.